The number of urea groups is 1. The van der Waals surface area contributed by atoms with Gasteiger partial charge in [-0.3, -0.25) is 4.79 Å². The molecule has 0 saturated carbocycles. The molecule has 0 atom stereocenters. The lowest BCUT2D eigenvalue weighted by atomic mass is 9.97. The van der Waals surface area contributed by atoms with Crippen molar-refractivity contribution < 1.29 is 14.0 Å². The molecule has 2 aromatic rings. The minimum atomic E-state index is -0.329. The number of nitrogens with one attached hydrogen (secondary N) is 2. The number of likely N-dealkylation sites (tertiary alicyclic amines) is 1. The second-order valence-electron chi connectivity index (χ2n) is 6.43. The molecule has 26 heavy (non-hydrogen) atoms. The van der Waals surface area contributed by atoms with Crippen molar-refractivity contribution in [3.8, 4) is 0 Å². The zero-order valence-electron chi connectivity index (χ0n) is 14.4. The highest BCUT2D eigenvalue weighted by Crippen LogP contribution is 2.18. The average Bonchev–Trinajstić information content (AvgIpc) is 3.15. The van der Waals surface area contributed by atoms with Gasteiger partial charge in [-0.05, 0) is 54.5 Å². The molecule has 2 heterocycles. The Bertz CT molecular complexity index is 726. The number of hydrogen-bond acceptors (Lipinski definition) is 3. The molecule has 1 aliphatic rings. The number of carbonyl (C=O) groups excluding carboxylic acids is 2. The fourth-order valence-corrected chi connectivity index (χ4v) is 3.67. The predicted molar refractivity (Wildman–Crippen MR) is 101 cm³/mol. The van der Waals surface area contributed by atoms with Crippen LogP contribution in [0.4, 0.5) is 14.9 Å². The Kier molecular flexibility index (Phi) is 6.22. The van der Waals surface area contributed by atoms with Gasteiger partial charge in [-0.15, -0.1) is 11.3 Å². The van der Waals surface area contributed by atoms with Gasteiger partial charge < -0.3 is 15.5 Å². The number of hydrogen-bond donors (Lipinski definition) is 2. The predicted octanol–water partition coefficient (Wildman–Crippen LogP) is 3.49. The molecule has 1 aromatic heterocycles. The van der Waals surface area contributed by atoms with Crippen molar-refractivity contribution >= 4 is 29.0 Å². The van der Waals surface area contributed by atoms with Crippen molar-refractivity contribution in [2.75, 3.05) is 25.0 Å². The van der Waals surface area contributed by atoms with Gasteiger partial charge in [0, 0.05) is 30.2 Å². The van der Waals surface area contributed by atoms with Gasteiger partial charge in [-0.25, -0.2) is 9.18 Å². The van der Waals surface area contributed by atoms with Crippen LogP contribution in [-0.2, 0) is 11.2 Å². The van der Waals surface area contributed by atoms with Crippen LogP contribution in [0.15, 0.2) is 41.8 Å². The van der Waals surface area contributed by atoms with Gasteiger partial charge in [-0.1, -0.05) is 6.07 Å². The summed E-state index contributed by atoms with van der Waals surface area (Å²) < 4.78 is 12.9. The first-order valence-electron chi connectivity index (χ1n) is 8.71. The van der Waals surface area contributed by atoms with E-state index in [1.54, 1.807) is 28.4 Å². The van der Waals surface area contributed by atoms with Crippen molar-refractivity contribution in [3.63, 3.8) is 0 Å². The van der Waals surface area contributed by atoms with Crippen LogP contribution in [-0.4, -0.2) is 36.5 Å². The van der Waals surface area contributed by atoms with Crippen molar-refractivity contribution in [3.05, 3.63) is 52.5 Å². The second kappa shape index (κ2) is 8.80. The molecular formula is C19H22FN3O2S. The summed E-state index contributed by atoms with van der Waals surface area (Å²) in [5.41, 5.74) is 0.583. The third kappa shape index (κ3) is 5.29. The molecule has 138 valence electrons. The zero-order chi connectivity index (χ0) is 18.4. The lowest BCUT2D eigenvalue weighted by Crippen LogP contribution is -2.43. The van der Waals surface area contributed by atoms with E-state index >= 15 is 0 Å². The molecule has 0 aliphatic carbocycles. The quantitative estimate of drug-likeness (QED) is 0.840. The van der Waals surface area contributed by atoms with E-state index in [1.165, 1.54) is 12.1 Å². The summed E-state index contributed by atoms with van der Waals surface area (Å²) in [5, 5.41) is 7.74. The van der Waals surface area contributed by atoms with Gasteiger partial charge in [0.05, 0.1) is 6.42 Å². The number of thiophene rings is 1. The molecule has 0 bridgehead atoms. The maximum atomic E-state index is 12.9. The molecule has 0 radical (unpaired) electrons. The average molecular weight is 375 g/mol. The largest absolute Gasteiger partial charge is 0.356 e. The van der Waals surface area contributed by atoms with Crippen LogP contribution in [0, 0.1) is 11.7 Å². The highest BCUT2D eigenvalue weighted by atomic mass is 32.1. The molecule has 0 spiro atoms. The van der Waals surface area contributed by atoms with Crippen LogP contribution >= 0.6 is 11.3 Å². The van der Waals surface area contributed by atoms with E-state index in [2.05, 4.69) is 10.6 Å². The Balaban J connectivity index is 1.37. The van der Waals surface area contributed by atoms with Crippen LogP contribution in [0.2, 0.25) is 0 Å². The van der Waals surface area contributed by atoms with E-state index in [0.717, 1.165) is 17.7 Å². The Labute approximate surface area is 156 Å². The van der Waals surface area contributed by atoms with Crippen LogP contribution in [0.3, 0.4) is 0 Å². The second-order valence-corrected chi connectivity index (χ2v) is 7.46. The highest BCUT2D eigenvalue weighted by molar-refractivity contribution is 7.10. The minimum absolute atomic E-state index is 0.0453. The smallest absolute Gasteiger partial charge is 0.321 e. The minimum Gasteiger partial charge on any atom is -0.356 e. The number of benzene rings is 1. The van der Waals surface area contributed by atoms with Crippen LogP contribution < -0.4 is 10.6 Å². The molecule has 3 amide bonds. The number of halogens is 1. The van der Waals surface area contributed by atoms with Gasteiger partial charge in [0.25, 0.3) is 0 Å². The number of amides is 3. The summed E-state index contributed by atoms with van der Waals surface area (Å²) in [5.74, 6) is 0.103. The van der Waals surface area contributed by atoms with Gasteiger partial charge in [0.1, 0.15) is 5.82 Å². The molecular weight excluding hydrogens is 353 g/mol. The van der Waals surface area contributed by atoms with E-state index in [1.807, 2.05) is 17.5 Å². The standard InChI is InChI=1S/C19H22FN3O2S/c20-15-3-5-16(6-4-15)22-19(25)23-9-7-14(8-10-23)13-21-18(24)12-17-2-1-11-26-17/h1-6,11,14H,7-10,12-13H2,(H,21,24)(H,22,25). The molecule has 1 aromatic carbocycles. The Morgan fingerprint density at radius 1 is 1.15 bits per heavy atom. The number of piperidine rings is 1. The first-order chi connectivity index (χ1) is 12.6. The van der Waals surface area contributed by atoms with Gasteiger partial charge in [0.15, 0.2) is 0 Å². The van der Waals surface area contributed by atoms with Crippen LogP contribution in [0.1, 0.15) is 17.7 Å². The molecule has 7 heteroatoms. The highest BCUT2D eigenvalue weighted by Gasteiger charge is 2.23. The normalized spacial score (nSPS) is 14.9. The Morgan fingerprint density at radius 3 is 2.54 bits per heavy atom. The van der Waals surface area contributed by atoms with E-state index in [0.29, 0.717) is 37.7 Å². The van der Waals surface area contributed by atoms with Gasteiger partial charge >= 0.3 is 6.03 Å². The summed E-state index contributed by atoms with van der Waals surface area (Å²) >= 11 is 1.58. The van der Waals surface area contributed by atoms with E-state index in [-0.39, 0.29) is 17.8 Å². The molecule has 5 nitrogen and oxygen atoms in total. The summed E-state index contributed by atoms with van der Waals surface area (Å²) in [4.78, 5) is 27.0. The third-order valence-corrected chi connectivity index (χ3v) is 5.38. The maximum Gasteiger partial charge on any atom is 0.321 e. The summed E-state index contributed by atoms with van der Waals surface area (Å²) in [6.45, 7) is 1.95. The summed E-state index contributed by atoms with van der Waals surface area (Å²) in [6.07, 6.45) is 2.14. The fraction of sp³-hybridized carbons (Fsp3) is 0.368. The molecule has 1 fully saturated rings. The van der Waals surface area contributed by atoms with Crippen molar-refractivity contribution in [2.45, 2.75) is 19.3 Å². The Morgan fingerprint density at radius 2 is 1.88 bits per heavy atom. The fourth-order valence-electron chi connectivity index (χ4n) is 2.97. The number of carbonyl (C=O) groups is 2. The monoisotopic (exact) mass is 375 g/mol. The van der Waals surface area contributed by atoms with E-state index < -0.39 is 0 Å². The van der Waals surface area contributed by atoms with Crippen molar-refractivity contribution in [1.82, 2.24) is 10.2 Å². The SMILES string of the molecule is O=C(Cc1cccs1)NCC1CCN(C(=O)Nc2ccc(F)cc2)CC1. The molecule has 1 aliphatic heterocycles. The van der Waals surface area contributed by atoms with Gasteiger partial charge in [0.2, 0.25) is 5.91 Å². The number of anilines is 1. The third-order valence-electron chi connectivity index (χ3n) is 4.50. The zero-order valence-corrected chi connectivity index (χ0v) is 15.2. The van der Waals surface area contributed by atoms with Crippen LogP contribution in [0.25, 0.3) is 0 Å². The van der Waals surface area contributed by atoms with Crippen LogP contribution in [0.5, 0.6) is 0 Å². The molecule has 2 N–H and O–H groups in total. The van der Waals surface area contributed by atoms with Gasteiger partial charge in [-0.2, -0.15) is 0 Å². The van der Waals surface area contributed by atoms with Crippen molar-refractivity contribution in [1.29, 1.82) is 0 Å². The van der Waals surface area contributed by atoms with Crippen molar-refractivity contribution in [2.24, 2.45) is 5.92 Å². The summed E-state index contributed by atoms with van der Waals surface area (Å²) in [7, 11) is 0. The first-order valence-corrected chi connectivity index (χ1v) is 9.58. The molecule has 3 rings (SSSR count). The Hall–Kier alpha value is -2.41. The summed E-state index contributed by atoms with van der Waals surface area (Å²) in [6, 6.07) is 9.47. The molecule has 1 saturated heterocycles. The lowest BCUT2D eigenvalue weighted by Gasteiger charge is -2.32. The number of rotatable bonds is 5. The maximum absolute atomic E-state index is 12.9. The molecule has 0 unspecified atom stereocenters. The number of nitrogens with zero attached hydrogens (tertiary/aromatic N) is 1. The topological polar surface area (TPSA) is 61.4 Å². The van der Waals surface area contributed by atoms with E-state index in [9.17, 15) is 14.0 Å². The lowest BCUT2D eigenvalue weighted by molar-refractivity contribution is -0.120. The van der Waals surface area contributed by atoms with E-state index in [4.69, 9.17) is 0 Å². The first kappa shape index (κ1) is 18.4.